The second-order valence-corrected chi connectivity index (χ2v) is 6.85. The molecule has 0 spiro atoms. The first-order chi connectivity index (χ1) is 11.3. The number of aryl methyl sites for hydroxylation is 1. The highest BCUT2D eigenvalue weighted by Gasteiger charge is 2.17. The third-order valence-electron chi connectivity index (χ3n) is 3.00. The summed E-state index contributed by atoms with van der Waals surface area (Å²) in [7, 11) is 0. The molecule has 5 nitrogen and oxygen atoms in total. The van der Waals surface area contributed by atoms with Gasteiger partial charge < -0.3 is 10.6 Å². The summed E-state index contributed by atoms with van der Waals surface area (Å²) < 4.78 is 0.909. The fourth-order valence-electron chi connectivity index (χ4n) is 1.81. The molecule has 126 valence electrons. The minimum absolute atomic E-state index is 0.0356. The molecule has 0 bridgehead atoms. The van der Waals surface area contributed by atoms with Crippen molar-refractivity contribution in [2.24, 2.45) is 0 Å². The highest BCUT2D eigenvalue weighted by Crippen LogP contribution is 2.30. The molecule has 2 aromatic rings. The number of pyridine rings is 1. The Morgan fingerprint density at radius 3 is 2.58 bits per heavy atom. The fourth-order valence-corrected chi connectivity index (χ4v) is 2.85. The molecule has 2 rings (SSSR count). The zero-order valence-corrected chi connectivity index (χ0v) is 16.1. The van der Waals surface area contributed by atoms with E-state index in [1.54, 1.807) is 12.1 Å². The van der Waals surface area contributed by atoms with Gasteiger partial charge in [-0.1, -0.05) is 50.7 Å². The quantitative estimate of drug-likeness (QED) is 0.720. The molecule has 0 saturated carbocycles. The summed E-state index contributed by atoms with van der Waals surface area (Å²) in [4.78, 5) is 27.8. The van der Waals surface area contributed by atoms with E-state index in [0.717, 1.165) is 10.0 Å². The molecular weight excluding hydrogens is 440 g/mol. The van der Waals surface area contributed by atoms with Crippen LogP contribution in [0.4, 0.5) is 5.69 Å². The Morgan fingerprint density at radius 1 is 1.21 bits per heavy atom. The summed E-state index contributed by atoms with van der Waals surface area (Å²) in [5, 5.41) is 5.24. The van der Waals surface area contributed by atoms with Gasteiger partial charge in [-0.25, -0.2) is 4.98 Å². The van der Waals surface area contributed by atoms with Crippen LogP contribution in [-0.4, -0.2) is 23.3 Å². The van der Waals surface area contributed by atoms with Crippen LogP contribution in [0.1, 0.15) is 16.1 Å². The number of amides is 2. The van der Waals surface area contributed by atoms with Gasteiger partial charge in [0, 0.05) is 16.4 Å². The highest BCUT2D eigenvalue weighted by atomic mass is 79.9. The molecule has 0 radical (unpaired) electrons. The molecule has 1 heterocycles. The van der Waals surface area contributed by atoms with E-state index in [-0.39, 0.29) is 33.2 Å². The van der Waals surface area contributed by atoms with E-state index in [2.05, 4.69) is 31.5 Å². The molecular formula is C15H11BrCl3N3O2. The number of hydrogen-bond acceptors (Lipinski definition) is 3. The number of carbonyl (C=O) groups excluding carboxylic acids is 2. The van der Waals surface area contributed by atoms with E-state index >= 15 is 0 Å². The average molecular weight is 452 g/mol. The summed E-state index contributed by atoms with van der Waals surface area (Å²) in [5.41, 5.74) is 1.44. The number of carbonyl (C=O) groups is 2. The number of hydrogen-bond donors (Lipinski definition) is 2. The van der Waals surface area contributed by atoms with Crippen LogP contribution in [-0.2, 0) is 4.79 Å². The standard InChI is InChI=1S/C15H11BrCl3N3O2/c1-7-4-8(16)2-3-10(7)22-11(23)6-21-15(24)14-13(19)12(18)9(17)5-20-14/h2-5H,6H2,1H3,(H,21,24)(H,22,23). The third-order valence-corrected chi connectivity index (χ3v) is 4.74. The second-order valence-electron chi connectivity index (χ2n) is 4.77. The lowest BCUT2D eigenvalue weighted by Gasteiger charge is -2.10. The van der Waals surface area contributed by atoms with Crippen molar-refractivity contribution < 1.29 is 9.59 Å². The number of rotatable bonds is 4. The second kappa shape index (κ2) is 8.16. The maximum atomic E-state index is 12.1. The molecule has 0 aliphatic heterocycles. The van der Waals surface area contributed by atoms with Crippen molar-refractivity contribution in [2.75, 3.05) is 11.9 Å². The molecule has 1 aromatic heterocycles. The van der Waals surface area contributed by atoms with Gasteiger partial charge in [-0.3, -0.25) is 9.59 Å². The smallest absolute Gasteiger partial charge is 0.271 e. The lowest BCUT2D eigenvalue weighted by atomic mass is 10.2. The van der Waals surface area contributed by atoms with Gasteiger partial charge in [0.2, 0.25) is 5.91 Å². The Hall–Kier alpha value is -1.34. The Labute approximate surface area is 161 Å². The van der Waals surface area contributed by atoms with Crippen molar-refractivity contribution in [3.63, 3.8) is 0 Å². The lowest BCUT2D eigenvalue weighted by molar-refractivity contribution is -0.115. The van der Waals surface area contributed by atoms with Gasteiger partial charge in [-0.05, 0) is 30.7 Å². The predicted molar refractivity (Wildman–Crippen MR) is 99.1 cm³/mol. The molecule has 0 atom stereocenters. The minimum Gasteiger partial charge on any atom is -0.342 e. The monoisotopic (exact) mass is 449 g/mol. The van der Waals surface area contributed by atoms with E-state index in [1.807, 2.05) is 13.0 Å². The van der Waals surface area contributed by atoms with Crippen molar-refractivity contribution in [1.82, 2.24) is 10.3 Å². The van der Waals surface area contributed by atoms with E-state index in [4.69, 9.17) is 34.8 Å². The minimum atomic E-state index is -0.624. The van der Waals surface area contributed by atoms with Crippen LogP contribution in [0.3, 0.4) is 0 Å². The molecule has 0 saturated heterocycles. The van der Waals surface area contributed by atoms with Gasteiger partial charge in [0.15, 0.2) is 0 Å². The number of nitrogens with one attached hydrogen (secondary N) is 2. The third kappa shape index (κ3) is 4.60. The number of nitrogens with zero attached hydrogens (tertiary/aromatic N) is 1. The lowest BCUT2D eigenvalue weighted by Crippen LogP contribution is -2.33. The fraction of sp³-hybridized carbons (Fsp3) is 0.133. The summed E-state index contributed by atoms with van der Waals surface area (Å²) in [6.07, 6.45) is 1.22. The molecule has 0 unspecified atom stereocenters. The Kier molecular flexibility index (Phi) is 6.46. The molecule has 9 heteroatoms. The zero-order valence-electron chi connectivity index (χ0n) is 12.3. The topological polar surface area (TPSA) is 71.1 Å². The molecule has 2 N–H and O–H groups in total. The summed E-state index contributed by atoms with van der Waals surface area (Å²) in [5.74, 6) is -1.01. The van der Waals surface area contributed by atoms with Crippen molar-refractivity contribution in [3.8, 4) is 0 Å². The number of benzene rings is 1. The van der Waals surface area contributed by atoms with Crippen LogP contribution < -0.4 is 10.6 Å². The van der Waals surface area contributed by atoms with E-state index in [1.165, 1.54) is 6.20 Å². The van der Waals surface area contributed by atoms with Crippen molar-refractivity contribution in [1.29, 1.82) is 0 Å². The van der Waals surface area contributed by atoms with Crippen LogP contribution in [0, 0.1) is 6.92 Å². The van der Waals surface area contributed by atoms with E-state index in [9.17, 15) is 9.59 Å². The molecule has 2 amide bonds. The molecule has 0 fully saturated rings. The number of anilines is 1. The number of halogens is 4. The van der Waals surface area contributed by atoms with Gasteiger partial charge >= 0.3 is 0 Å². The first kappa shape index (κ1) is 19.0. The first-order valence-corrected chi connectivity index (χ1v) is 8.56. The van der Waals surface area contributed by atoms with E-state index < -0.39 is 5.91 Å². The van der Waals surface area contributed by atoms with Crippen LogP contribution in [0.15, 0.2) is 28.9 Å². The van der Waals surface area contributed by atoms with Crippen molar-refractivity contribution in [2.45, 2.75) is 6.92 Å². The first-order valence-electron chi connectivity index (χ1n) is 6.63. The van der Waals surface area contributed by atoms with Crippen LogP contribution in [0.2, 0.25) is 15.1 Å². The highest BCUT2D eigenvalue weighted by molar-refractivity contribution is 9.10. The molecule has 1 aromatic carbocycles. The maximum Gasteiger partial charge on any atom is 0.271 e. The number of aromatic nitrogens is 1. The average Bonchev–Trinajstić information content (AvgIpc) is 2.53. The maximum absolute atomic E-state index is 12.1. The molecule has 0 aliphatic carbocycles. The van der Waals surface area contributed by atoms with Gasteiger partial charge in [0.25, 0.3) is 5.91 Å². The normalized spacial score (nSPS) is 10.4. The summed E-state index contributed by atoms with van der Waals surface area (Å²) in [6.45, 7) is 1.62. The molecule has 0 aliphatic rings. The van der Waals surface area contributed by atoms with Gasteiger partial charge in [-0.2, -0.15) is 0 Å². The van der Waals surface area contributed by atoms with E-state index in [0.29, 0.717) is 5.69 Å². The van der Waals surface area contributed by atoms with Crippen molar-refractivity contribution in [3.05, 3.63) is 55.2 Å². The van der Waals surface area contributed by atoms with Crippen LogP contribution in [0.5, 0.6) is 0 Å². The Morgan fingerprint density at radius 2 is 1.92 bits per heavy atom. The Balaban J connectivity index is 1.99. The van der Waals surface area contributed by atoms with Gasteiger partial charge in [-0.15, -0.1) is 0 Å². The van der Waals surface area contributed by atoms with Crippen molar-refractivity contribution >= 4 is 68.2 Å². The van der Waals surface area contributed by atoms with Gasteiger partial charge in [0.05, 0.1) is 21.6 Å². The van der Waals surface area contributed by atoms with Crippen LogP contribution >= 0.6 is 50.7 Å². The predicted octanol–water partition coefficient (Wildman–Crippen LogP) is 4.48. The largest absolute Gasteiger partial charge is 0.342 e. The molecule has 24 heavy (non-hydrogen) atoms. The SMILES string of the molecule is Cc1cc(Br)ccc1NC(=O)CNC(=O)c1ncc(Cl)c(Cl)c1Cl. The summed E-state index contributed by atoms with van der Waals surface area (Å²) >= 11 is 20.9. The Bertz CT molecular complexity index is 815. The van der Waals surface area contributed by atoms with Crippen LogP contribution in [0.25, 0.3) is 0 Å². The summed E-state index contributed by atoms with van der Waals surface area (Å²) in [6, 6.07) is 5.44. The van der Waals surface area contributed by atoms with Gasteiger partial charge in [0.1, 0.15) is 5.69 Å². The zero-order chi connectivity index (χ0) is 17.9.